The van der Waals surface area contributed by atoms with E-state index in [1.807, 2.05) is 0 Å². The van der Waals surface area contributed by atoms with E-state index in [1.165, 1.54) is 10.9 Å². The molecule has 0 amide bonds. The SMILES string of the molecule is Cn1nccc1-c1c(CN)nnn1CC(F)(F)F. The summed E-state index contributed by atoms with van der Waals surface area (Å²) in [6, 6.07) is 1.59. The zero-order valence-corrected chi connectivity index (χ0v) is 9.52. The van der Waals surface area contributed by atoms with Crippen LogP contribution < -0.4 is 5.73 Å². The Morgan fingerprint density at radius 3 is 2.61 bits per heavy atom. The lowest BCUT2D eigenvalue weighted by atomic mass is 10.2. The van der Waals surface area contributed by atoms with Gasteiger partial charge in [-0.05, 0) is 6.07 Å². The lowest BCUT2D eigenvalue weighted by Gasteiger charge is -2.10. The smallest absolute Gasteiger partial charge is 0.325 e. The van der Waals surface area contributed by atoms with E-state index in [-0.39, 0.29) is 12.2 Å². The summed E-state index contributed by atoms with van der Waals surface area (Å²) in [7, 11) is 1.63. The molecule has 0 unspecified atom stereocenters. The first-order valence-corrected chi connectivity index (χ1v) is 5.10. The fourth-order valence-electron chi connectivity index (χ4n) is 1.65. The minimum atomic E-state index is -4.37. The molecule has 2 aromatic heterocycles. The Morgan fingerprint density at radius 2 is 2.11 bits per heavy atom. The molecule has 9 heteroatoms. The Morgan fingerprint density at radius 1 is 1.39 bits per heavy atom. The van der Waals surface area contributed by atoms with Crippen molar-refractivity contribution in [3.8, 4) is 11.4 Å². The van der Waals surface area contributed by atoms with Crippen molar-refractivity contribution in [3.05, 3.63) is 18.0 Å². The number of nitrogens with two attached hydrogens (primary N) is 1. The van der Waals surface area contributed by atoms with E-state index in [9.17, 15) is 13.2 Å². The first-order valence-electron chi connectivity index (χ1n) is 5.10. The van der Waals surface area contributed by atoms with Crippen LogP contribution in [-0.4, -0.2) is 31.0 Å². The van der Waals surface area contributed by atoms with Gasteiger partial charge in [0.2, 0.25) is 0 Å². The van der Waals surface area contributed by atoms with Crippen LogP contribution in [0.4, 0.5) is 13.2 Å². The molecule has 0 aromatic carbocycles. The van der Waals surface area contributed by atoms with E-state index in [4.69, 9.17) is 5.73 Å². The maximum Gasteiger partial charge on any atom is 0.408 e. The van der Waals surface area contributed by atoms with Gasteiger partial charge in [-0.15, -0.1) is 5.10 Å². The molecule has 0 radical (unpaired) electrons. The maximum absolute atomic E-state index is 12.4. The van der Waals surface area contributed by atoms with Gasteiger partial charge in [0.25, 0.3) is 0 Å². The standard InChI is InChI=1S/C9H11F3N6/c1-17-7(2-3-14-17)8-6(4-13)15-16-18(8)5-9(10,11)12/h2-3H,4-5,13H2,1H3. The lowest BCUT2D eigenvalue weighted by molar-refractivity contribution is -0.142. The number of hydrogen-bond donors (Lipinski definition) is 1. The van der Waals surface area contributed by atoms with Gasteiger partial charge >= 0.3 is 6.18 Å². The normalized spacial score (nSPS) is 12.1. The molecule has 0 saturated carbocycles. The quantitative estimate of drug-likeness (QED) is 0.881. The number of hydrogen-bond acceptors (Lipinski definition) is 4. The molecule has 0 atom stereocenters. The summed E-state index contributed by atoms with van der Waals surface area (Å²) < 4.78 is 39.5. The molecule has 0 aliphatic heterocycles. The van der Waals surface area contributed by atoms with Gasteiger partial charge in [0, 0.05) is 19.8 Å². The predicted molar refractivity (Wildman–Crippen MR) is 56.2 cm³/mol. The number of halogens is 3. The molecule has 98 valence electrons. The number of alkyl halides is 3. The van der Waals surface area contributed by atoms with Crippen molar-refractivity contribution in [2.75, 3.05) is 0 Å². The van der Waals surface area contributed by atoms with Crippen LogP contribution in [0.5, 0.6) is 0 Å². The Kier molecular flexibility index (Phi) is 3.07. The molecule has 0 aliphatic rings. The summed E-state index contributed by atoms with van der Waals surface area (Å²) in [6.45, 7) is -1.20. The lowest BCUT2D eigenvalue weighted by Crippen LogP contribution is -2.20. The Hall–Kier alpha value is -1.90. The summed E-state index contributed by atoms with van der Waals surface area (Å²) in [5.41, 5.74) is 6.50. The van der Waals surface area contributed by atoms with Gasteiger partial charge in [0.15, 0.2) is 0 Å². The molecule has 0 aliphatic carbocycles. The Bertz CT molecular complexity index is 541. The van der Waals surface area contributed by atoms with Crippen LogP contribution in [-0.2, 0) is 20.1 Å². The molecule has 0 saturated heterocycles. The fraction of sp³-hybridized carbons (Fsp3) is 0.444. The first kappa shape index (κ1) is 12.6. The van der Waals surface area contributed by atoms with Crippen LogP contribution in [0.1, 0.15) is 5.69 Å². The Labute approximate surface area is 100 Å². The van der Waals surface area contributed by atoms with Crippen molar-refractivity contribution in [1.29, 1.82) is 0 Å². The number of aromatic nitrogens is 5. The van der Waals surface area contributed by atoms with E-state index < -0.39 is 12.7 Å². The van der Waals surface area contributed by atoms with Gasteiger partial charge in [-0.2, -0.15) is 18.3 Å². The number of rotatable bonds is 3. The second kappa shape index (κ2) is 4.41. The van der Waals surface area contributed by atoms with E-state index in [0.717, 1.165) is 4.68 Å². The van der Waals surface area contributed by atoms with Crippen LogP contribution >= 0.6 is 0 Å². The highest BCUT2D eigenvalue weighted by molar-refractivity contribution is 5.57. The van der Waals surface area contributed by atoms with E-state index in [2.05, 4.69) is 15.4 Å². The number of aryl methyl sites for hydroxylation is 1. The van der Waals surface area contributed by atoms with Crippen LogP contribution in [0.2, 0.25) is 0 Å². The summed E-state index contributed by atoms with van der Waals surface area (Å²) in [5.74, 6) is 0. The van der Waals surface area contributed by atoms with E-state index >= 15 is 0 Å². The average molecular weight is 260 g/mol. The van der Waals surface area contributed by atoms with Crippen molar-refractivity contribution >= 4 is 0 Å². The topological polar surface area (TPSA) is 74.6 Å². The molecule has 0 fully saturated rings. The van der Waals surface area contributed by atoms with Gasteiger partial charge in [-0.3, -0.25) is 4.68 Å². The van der Waals surface area contributed by atoms with Crippen molar-refractivity contribution < 1.29 is 13.2 Å². The van der Waals surface area contributed by atoms with Gasteiger partial charge in [0.05, 0.1) is 5.69 Å². The van der Waals surface area contributed by atoms with Crippen molar-refractivity contribution in [3.63, 3.8) is 0 Å². The predicted octanol–water partition coefficient (Wildman–Crippen LogP) is 0.700. The van der Waals surface area contributed by atoms with Crippen molar-refractivity contribution in [2.24, 2.45) is 12.8 Å². The molecule has 2 N–H and O–H groups in total. The zero-order valence-electron chi connectivity index (χ0n) is 9.52. The molecule has 6 nitrogen and oxygen atoms in total. The van der Waals surface area contributed by atoms with Gasteiger partial charge in [0.1, 0.15) is 17.9 Å². The second-order valence-electron chi connectivity index (χ2n) is 3.70. The summed E-state index contributed by atoms with van der Waals surface area (Å²) in [4.78, 5) is 0. The molecule has 2 heterocycles. The van der Waals surface area contributed by atoms with E-state index in [1.54, 1.807) is 13.1 Å². The monoisotopic (exact) mass is 260 g/mol. The third-order valence-corrected chi connectivity index (χ3v) is 2.39. The van der Waals surface area contributed by atoms with Crippen LogP contribution in [0.25, 0.3) is 11.4 Å². The molecule has 2 rings (SSSR count). The summed E-state index contributed by atoms with van der Waals surface area (Å²) in [5, 5.41) is 11.1. The third-order valence-electron chi connectivity index (χ3n) is 2.39. The van der Waals surface area contributed by atoms with E-state index in [0.29, 0.717) is 11.4 Å². The van der Waals surface area contributed by atoms with Crippen molar-refractivity contribution in [2.45, 2.75) is 19.3 Å². The molecular weight excluding hydrogens is 249 g/mol. The zero-order chi connectivity index (χ0) is 13.3. The summed E-state index contributed by atoms with van der Waals surface area (Å²) in [6.07, 6.45) is -2.88. The first-order chi connectivity index (χ1) is 8.42. The van der Waals surface area contributed by atoms with Crippen molar-refractivity contribution in [1.82, 2.24) is 24.8 Å². The Balaban J connectivity index is 2.50. The highest BCUT2D eigenvalue weighted by atomic mass is 19.4. The minimum Gasteiger partial charge on any atom is -0.325 e. The van der Waals surface area contributed by atoms with Crippen LogP contribution in [0.3, 0.4) is 0 Å². The third kappa shape index (κ3) is 2.35. The maximum atomic E-state index is 12.4. The van der Waals surface area contributed by atoms with Gasteiger partial charge in [-0.1, -0.05) is 5.21 Å². The molecular formula is C9H11F3N6. The molecule has 2 aromatic rings. The highest BCUT2D eigenvalue weighted by Crippen LogP contribution is 2.25. The van der Waals surface area contributed by atoms with Gasteiger partial charge in [-0.25, -0.2) is 4.68 Å². The van der Waals surface area contributed by atoms with Crippen LogP contribution in [0, 0.1) is 0 Å². The molecule has 0 spiro atoms. The fourth-order valence-corrected chi connectivity index (χ4v) is 1.65. The summed E-state index contributed by atoms with van der Waals surface area (Å²) >= 11 is 0. The van der Waals surface area contributed by atoms with Gasteiger partial charge < -0.3 is 5.73 Å². The largest absolute Gasteiger partial charge is 0.408 e. The molecule has 0 bridgehead atoms. The second-order valence-corrected chi connectivity index (χ2v) is 3.70. The van der Waals surface area contributed by atoms with Crippen LogP contribution in [0.15, 0.2) is 12.3 Å². The molecule has 18 heavy (non-hydrogen) atoms. The average Bonchev–Trinajstić information content (AvgIpc) is 2.82. The number of nitrogens with zero attached hydrogens (tertiary/aromatic N) is 5. The minimum absolute atomic E-state index is 0.0123. The highest BCUT2D eigenvalue weighted by Gasteiger charge is 2.31.